The standard InChI is InChI=1S/C22H35NO5/c1-20-6-5-13(27-3)22-11-7-10-12(26-2)8-21(28-4,14(11)16(10)24)15(17(25)18(20)22)19(22)23-9-20/h10-19,23-25H,5-9H2,1-4H3/t10?,11-,12+,13+,14-,15-,16+,17-,18-,19+,20+,21-,22+/m1/s1. The number of rotatable bonds is 3. The molecule has 13 atom stereocenters. The molecule has 6 fully saturated rings. The number of piperidine rings is 1. The molecule has 1 unspecified atom stereocenters. The highest BCUT2D eigenvalue weighted by atomic mass is 16.5. The molecule has 1 heterocycles. The van der Waals surface area contributed by atoms with Gasteiger partial charge in [0.1, 0.15) is 0 Å². The molecule has 1 aliphatic heterocycles. The number of fused-ring (bicyclic) bond motifs is 2. The molecule has 0 aromatic rings. The Labute approximate surface area is 167 Å². The summed E-state index contributed by atoms with van der Waals surface area (Å²) in [4.78, 5) is 0. The van der Waals surface area contributed by atoms with E-state index in [0.717, 1.165) is 32.2 Å². The van der Waals surface area contributed by atoms with Crippen molar-refractivity contribution in [3.8, 4) is 0 Å². The van der Waals surface area contributed by atoms with Gasteiger partial charge < -0.3 is 29.7 Å². The van der Waals surface area contributed by atoms with E-state index in [9.17, 15) is 10.2 Å². The van der Waals surface area contributed by atoms with Gasteiger partial charge in [-0.2, -0.15) is 0 Å². The lowest BCUT2D eigenvalue weighted by atomic mass is 9.44. The highest BCUT2D eigenvalue weighted by Gasteiger charge is 2.85. The second-order valence-corrected chi connectivity index (χ2v) is 10.9. The molecule has 5 aliphatic carbocycles. The zero-order valence-electron chi connectivity index (χ0n) is 17.4. The van der Waals surface area contributed by atoms with Crippen molar-refractivity contribution in [1.29, 1.82) is 0 Å². The molecule has 28 heavy (non-hydrogen) atoms. The van der Waals surface area contributed by atoms with Crippen LogP contribution >= 0.6 is 0 Å². The minimum Gasteiger partial charge on any atom is -0.392 e. The van der Waals surface area contributed by atoms with Gasteiger partial charge in [-0.15, -0.1) is 0 Å². The fourth-order valence-corrected chi connectivity index (χ4v) is 10.1. The first-order chi connectivity index (χ1) is 13.4. The van der Waals surface area contributed by atoms with Crippen molar-refractivity contribution < 1.29 is 24.4 Å². The Kier molecular flexibility index (Phi) is 3.65. The summed E-state index contributed by atoms with van der Waals surface area (Å²) >= 11 is 0. The van der Waals surface area contributed by atoms with Crippen molar-refractivity contribution in [2.75, 3.05) is 27.9 Å². The van der Waals surface area contributed by atoms with Crippen LogP contribution in [0.15, 0.2) is 0 Å². The summed E-state index contributed by atoms with van der Waals surface area (Å²) < 4.78 is 18.4. The maximum Gasteiger partial charge on any atom is 0.0827 e. The molecule has 158 valence electrons. The highest BCUT2D eigenvalue weighted by Crippen LogP contribution is 2.78. The summed E-state index contributed by atoms with van der Waals surface area (Å²) in [6, 6.07) is 0.175. The third-order valence-corrected chi connectivity index (χ3v) is 10.7. The minimum absolute atomic E-state index is 0.0185. The summed E-state index contributed by atoms with van der Waals surface area (Å²) in [6.07, 6.45) is 3.06. The Morgan fingerprint density at radius 2 is 1.82 bits per heavy atom. The fraction of sp³-hybridized carbons (Fsp3) is 1.00. The first-order valence-corrected chi connectivity index (χ1v) is 11.1. The lowest BCUT2D eigenvalue weighted by Crippen LogP contribution is -2.75. The smallest absolute Gasteiger partial charge is 0.0827 e. The Balaban J connectivity index is 1.62. The third kappa shape index (κ3) is 1.65. The van der Waals surface area contributed by atoms with Crippen molar-refractivity contribution in [2.45, 2.75) is 68.7 Å². The van der Waals surface area contributed by atoms with Crippen LogP contribution in [0.2, 0.25) is 0 Å². The van der Waals surface area contributed by atoms with Gasteiger partial charge in [-0.25, -0.2) is 0 Å². The van der Waals surface area contributed by atoms with Gasteiger partial charge in [0.05, 0.1) is 30.0 Å². The van der Waals surface area contributed by atoms with E-state index >= 15 is 0 Å². The molecule has 7 bridgehead atoms. The van der Waals surface area contributed by atoms with Crippen LogP contribution in [0.1, 0.15) is 32.6 Å². The van der Waals surface area contributed by atoms with Gasteiger partial charge in [-0.3, -0.25) is 0 Å². The van der Waals surface area contributed by atoms with E-state index in [1.54, 1.807) is 14.2 Å². The van der Waals surface area contributed by atoms with Crippen molar-refractivity contribution in [3.05, 3.63) is 0 Å². The van der Waals surface area contributed by atoms with E-state index in [-0.39, 0.29) is 58.7 Å². The van der Waals surface area contributed by atoms with Crippen LogP contribution in [-0.2, 0) is 14.2 Å². The average molecular weight is 394 g/mol. The lowest BCUT2D eigenvalue weighted by molar-refractivity contribution is -0.253. The highest BCUT2D eigenvalue weighted by molar-refractivity contribution is 5.35. The monoisotopic (exact) mass is 393 g/mol. The molecule has 0 radical (unpaired) electrons. The van der Waals surface area contributed by atoms with Crippen molar-refractivity contribution in [3.63, 3.8) is 0 Å². The molecule has 6 rings (SSSR count). The largest absolute Gasteiger partial charge is 0.392 e. The third-order valence-electron chi connectivity index (χ3n) is 10.7. The van der Waals surface area contributed by atoms with Crippen LogP contribution in [0.4, 0.5) is 0 Å². The molecular weight excluding hydrogens is 358 g/mol. The number of aliphatic hydroxyl groups is 2. The van der Waals surface area contributed by atoms with Crippen LogP contribution < -0.4 is 5.32 Å². The van der Waals surface area contributed by atoms with E-state index in [2.05, 4.69) is 12.2 Å². The van der Waals surface area contributed by atoms with Crippen molar-refractivity contribution in [2.24, 2.45) is 40.4 Å². The van der Waals surface area contributed by atoms with E-state index in [0.29, 0.717) is 0 Å². The maximum absolute atomic E-state index is 11.9. The number of methoxy groups -OCH3 is 3. The van der Waals surface area contributed by atoms with E-state index in [1.807, 2.05) is 7.11 Å². The molecule has 6 heteroatoms. The molecule has 6 nitrogen and oxygen atoms in total. The second kappa shape index (κ2) is 5.51. The average Bonchev–Trinajstić information content (AvgIpc) is 3.04. The summed E-state index contributed by atoms with van der Waals surface area (Å²) in [5.41, 5.74) is -0.604. The van der Waals surface area contributed by atoms with Crippen LogP contribution in [0.5, 0.6) is 0 Å². The second-order valence-electron chi connectivity index (χ2n) is 10.9. The first kappa shape index (κ1) is 18.5. The normalized spacial score (nSPS) is 66.2. The molecule has 6 aliphatic rings. The number of aliphatic hydroxyl groups excluding tert-OH is 2. The fourth-order valence-electron chi connectivity index (χ4n) is 10.1. The zero-order chi connectivity index (χ0) is 19.6. The van der Waals surface area contributed by atoms with Gasteiger partial charge in [-0.05, 0) is 30.6 Å². The van der Waals surface area contributed by atoms with Gasteiger partial charge >= 0.3 is 0 Å². The first-order valence-electron chi connectivity index (χ1n) is 11.1. The lowest BCUT2D eigenvalue weighted by Gasteiger charge is -2.67. The quantitative estimate of drug-likeness (QED) is 0.658. The van der Waals surface area contributed by atoms with Gasteiger partial charge in [0.25, 0.3) is 0 Å². The molecule has 0 aromatic carbocycles. The summed E-state index contributed by atoms with van der Waals surface area (Å²) in [7, 11) is 5.37. The van der Waals surface area contributed by atoms with E-state index in [1.165, 1.54) is 0 Å². The number of hydrogen-bond donors (Lipinski definition) is 3. The van der Waals surface area contributed by atoms with Crippen LogP contribution in [0.3, 0.4) is 0 Å². The van der Waals surface area contributed by atoms with Gasteiger partial charge in [0.15, 0.2) is 0 Å². The Bertz CT molecular complexity index is 690. The zero-order valence-corrected chi connectivity index (χ0v) is 17.4. The molecule has 0 aromatic heterocycles. The Hall–Kier alpha value is -0.240. The Morgan fingerprint density at radius 3 is 2.50 bits per heavy atom. The molecule has 5 saturated carbocycles. The van der Waals surface area contributed by atoms with Crippen molar-refractivity contribution >= 4 is 0 Å². The Morgan fingerprint density at radius 1 is 1.04 bits per heavy atom. The summed E-state index contributed by atoms with van der Waals surface area (Å²) in [6.45, 7) is 3.31. The number of nitrogens with one attached hydrogen (secondary N) is 1. The van der Waals surface area contributed by atoms with Crippen LogP contribution in [0, 0.1) is 40.4 Å². The minimum atomic E-state index is -0.541. The van der Waals surface area contributed by atoms with Crippen molar-refractivity contribution in [1.82, 2.24) is 5.32 Å². The molecular formula is C22H35NO5. The van der Waals surface area contributed by atoms with Gasteiger partial charge in [0.2, 0.25) is 0 Å². The number of ether oxygens (including phenoxy) is 3. The van der Waals surface area contributed by atoms with E-state index in [4.69, 9.17) is 14.2 Å². The predicted octanol–water partition coefficient (Wildman–Crippen LogP) is 0.797. The predicted molar refractivity (Wildman–Crippen MR) is 102 cm³/mol. The molecule has 0 amide bonds. The van der Waals surface area contributed by atoms with Crippen LogP contribution in [0.25, 0.3) is 0 Å². The van der Waals surface area contributed by atoms with Crippen LogP contribution in [-0.4, -0.2) is 74.1 Å². The maximum atomic E-state index is 11.9. The summed E-state index contributed by atoms with van der Waals surface area (Å²) in [5, 5.41) is 27.2. The molecule has 1 saturated heterocycles. The van der Waals surface area contributed by atoms with Gasteiger partial charge in [-0.1, -0.05) is 6.92 Å². The molecule has 3 N–H and O–H groups in total. The topological polar surface area (TPSA) is 80.2 Å². The van der Waals surface area contributed by atoms with Gasteiger partial charge in [0, 0.05) is 69.4 Å². The van der Waals surface area contributed by atoms with E-state index < -0.39 is 17.8 Å². The SMILES string of the molecule is CO[C@H]1C[C@@]2(OC)[C@@H]3[C@@H](CC1[C@@H]3O)[C@@]13[C@@H](OC)CC[C@@]4(C)CN[C@H]1[C@H]2[C@@H](O)[C@H]43. The molecule has 1 spiro atoms. The number of hydrogen-bond acceptors (Lipinski definition) is 6. The summed E-state index contributed by atoms with van der Waals surface area (Å²) in [5.74, 6) is 0.654.